The molecule has 0 saturated carbocycles. The van der Waals surface area contributed by atoms with E-state index in [0.717, 1.165) is 0 Å². The van der Waals surface area contributed by atoms with Gasteiger partial charge in [0.05, 0.1) is 16.3 Å². The Hall–Kier alpha value is -2.12. The first-order valence-corrected chi connectivity index (χ1v) is 7.83. The minimum Gasteiger partial charge on any atom is -0.478 e. The maximum Gasteiger partial charge on any atom is 0.335 e. The molecule has 2 N–H and O–H groups in total. The molecule has 0 aliphatic carbocycles. The summed E-state index contributed by atoms with van der Waals surface area (Å²) in [4.78, 5) is 14.7. The maximum absolute atomic E-state index is 12.0. The van der Waals surface area contributed by atoms with Gasteiger partial charge in [-0.1, -0.05) is 23.7 Å². The summed E-state index contributed by atoms with van der Waals surface area (Å²) in [5, 5.41) is 9.28. The van der Waals surface area contributed by atoms with Crippen LogP contribution in [0.5, 0.6) is 0 Å². The predicted molar refractivity (Wildman–Crippen MR) is 78.9 cm³/mol. The van der Waals surface area contributed by atoms with Gasteiger partial charge in [-0.05, 0) is 29.8 Å². The number of carbonyl (C=O) groups is 1. The SMILES string of the molecule is O=C(O)c1cccc(CS(=O)(=O)Nc2ccc(Cl)cn2)c1. The molecular weight excluding hydrogens is 316 g/mol. The van der Waals surface area contributed by atoms with Gasteiger partial charge in [-0.3, -0.25) is 4.72 Å². The number of pyridine rings is 1. The summed E-state index contributed by atoms with van der Waals surface area (Å²) in [5.74, 6) is -1.31. The standard InChI is InChI=1S/C13H11ClN2O4S/c14-11-4-5-12(15-7-11)16-21(19,20)8-9-2-1-3-10(6-9)13(17)18/h1-7H,8H2,(H,15,16)(H,17,18). The van der Waals surface area contributed by atoms with Gasteiger partial charge >= 0.3 is 5.97 Å². The van der Waals surface area contributed by atoms with Gasteiger partial charge in [0.2, 0.25) is 10.0 Å². The minimum absolute atomic E-state index is 0.0346. The molecule has 2 rings (SSSR count). The second-order valence-electron chi connectivity index (χ2n) is 4.23. The van der Waals surface area contributed by atoms with E-state index in [1.807, 2.05) is 0 Å². The zero-order chi connectivity index (χ0) is 15.5. The van der Waals surface area contributed by atoms with Gasteiger partial charge < -0.3 is 5.11 Å². The smallest absolute Gasteiger partial charge is 0.335 e. The van der Waals surface area contributed by atoms with Crippen LogP contribution >= 0.6 is 11.6 Å². The Kier molecular flexibility index (Phi) is 4.44. The third-order valence-electron chi connectivity index (χ3n) is 2.52. The Labute approximate surface area is 126 Å². The van der Waals surface area contributed by atoms with Crippen molar-refractivity contribution in [1.82, 2.24) is 4.98 Å². The summed E-state index contributed by atoms with van der Waals surface area (Å²) in [6, 6.07) is 8.70. The number of benzene rings is 1. The summed E-state index contributed by atoms with van der Waals surface area (Å²) in [7, 11) is -3.69. The van der Waals surface area contributed by atoms with Crippen LogP contribution in [-0.4, -0.2) is 24.5 Å². The van der Waals surface area contributed by atoms with Gasteiger partial charge in [0, 0.05) is 6.20 Å². The Morgan fingerprint density at radius 2 is 2.05 bits per heavy atom. The largest absolute Gasteiger partial charge is 0.478 e. The van der Waals surface area contributed by atoms with E-state index in [2.05, 4.69) is 9.71 Å². The second-order valence-corrected chi connectivity index (χ2v) is 6.39. The van der Waals surface area contributed by atoms with Crippen LogP contribution in [0.1, 0.15) is 15.9 Å². The summed E-state index contributed by atoms with van der Waals surface area (Å²) < 4.78 is 26.3. The Balaban J connectivity index is 2.15. The third-order valence-corrected chi connectivity index (χ3v) is 3.98. The number of aromatic nitrogens is 1. The molecule has 8 heteroatoms. The van der Waals surface area contributed by atoms with Crippen LogP contribution < -0.4 is 4.72 Å². The summed E-state index contributed by atoms with van der Waals surface area (Å²) in [6.07, 6.45) is 1.32. The van der Waals surface area contributed by atoms with Crippen LogP contribution in [0, 0.1) is 0 Å². The summed E-state index contributed by atoms with van der Waals surface area (Å²) in [5.41, 5.74) is 0.406. The lowest BCUT2D eigenvalue weighted by molar-refractivity contribution is 0.0696. The lowest BCUT2D eigenvalue weighted by Gasteiger charge is -2.07. The van der Waals surface area contributed by atoms with E-state index < -0.39 is 16.0 Å². The van der Waals surface area contributed by atoms with Crippen molar-refractivity contribution in [2.45, 2.75) is 5.75 Å². The van der Waals surface area contributed by atoms with Crippen LogP contribution in [0.15, 0.2) is 42.6 Å². The van der Waals surface area contributed by atoms with Gasteiger partial charge in [-0.25, -0.2) is 18.2 Å². The Bertz CT molecular complexity index is 760. The number of anilines is 1. The molecule has 0 saturated heterocycles. The van der Waals surface area contributed by atoms with Crippen molar-refractivity contribution in [2.75, 3.05) is 4.72 Å². The molecule has 0 aliphatic rings. The number of nitrogens with one attached hydrogen (secondary N) is 1. The van der Waals surface area contributed by atoms with E-state index in [0.29, 0.717) is 10.6 Å². The number of hydrogen-bond donors (Lipinski definition) is 2. The molecule has 0 aliphatic heterocycles. The summed E-state index contributed by atoms with van der Waals surface area (Å²) in [6.45, 7) is 0. The Morgan fingerprint density at radius 3 is 2.67 bits per heavy atom. The van der Waals surface area contributed by atoms with Gasteiger partial charge in [0.1, 0.15) is 5.82 Å². The van der Waals surface area contributed by atoms with Gasteiger partial charge in [0.15, 0.2) is 0 Å². The van der Waals surface area contributed by atoms with Crippen molar-refractivity contribution in [2.24, 2.45) is 0 Å². The first kappa shape index (κ1) is 15.3. The fourth-order valence-corrected chi connectivity index (χ4v) is 2.89. The molecule has 0 fully saturated rings. The van der Waals surface area contributed by atoms with Crippen molar-refractivity contribution >= 4 is 33.4 Å². The van der Waals surface area contributed by atoms with Gasteiger partial charge in [-0.15, -0.1) is 0 Å². The third kappa shape index (κ3) is 4.44. The van der Waals surface area contributed by atoms with E-state index in [1.165, 1.54) is 36.5 Å². The molecule has 0 atom stereocenters. The zero-order valence-electron chi connectivity index (χ0n) is 10.7. The zero-order valence-corrected chi connectivity index (χ0v) is 12.2. The second kappa shape index (κ2) is 6.11. The number of carboxylic acids is 1. The fourth-order valence-electron chi connectivity index (χ4n) is 1.65. The number of sulfonamides is 1. The highest BCUT2D eigenvalue weighted by atomic mass is 35.5. The number of nitrogens with zero attached hydrogens (tertiary/aromatic N) is 1. The minimum atomic E-state index is -3.69. The molecule has 1 aromatic carbocycles. The molecule has 110 valence electrons. The first-order chi connectivity index (χ1) is 9.85. The molecule has 0 spiro atoms. The van der Waals surface area contributed by atoms with Crippen LogP contribution in [0.25, 0.3) is 0 Å². The molecule has 6 nitrogen and oxygen atoms in total. The van der Waals surface area contributed by atoms with Crippen LogP contribution in [0.2, 0.25) is 5.02 Å². The number of rotatable bonds is 5. The highest BCUT2D eigenvalue weighted by molar-refractivity contribution is 7.91. The van der Waals surface area contributed by atoms with Crippen molar-refractivity contribution in [3.05, 3.63) is 58.7 Å². The quantitative estimate of drug-likeness (QED) is 0.879. The highest BCUT2D eigenvalue weighted by Gasteiger charge is 2.14. The molecular formula is C13H11ClN2O4S. The predicted octanol–water partition coefficient (Wildman–Crippen LogP) is 2.38. The van der Waals surface area contributed by atoms with E-state index in [-0.39, 0.29) is 17.1 Å². The molecule has 0 unspecified atom stereocenters. The molecule has 0 bridgehead atoms. The molecule has 21 heavy (non-hydrogen) atoms. The van der Waals surface area contributed by atoms with E-state index in [1.54, 1.807) is 6.07 Å². The normalized spacial score (nSPS) is 11.1. The molecule has 1 aromatic heterocycles. The molecule has 2 aromatic rings. The van der Waals surface area contributed by atoms with Crippen LogP contribution in [0.4, 0.5) is 5.82 Å². The summed E-state index contributed by atoms with van der Waals surface area (Å²) >= 11 is 5.66. The van der Waals surface area contributed by atoms with Crippen molar-refractivity contribution < 1.29 is 18.3 Å². The first-order valence-electron chi connectivity index (χ1n) is 5.80. The lowest BCUT2D eigenvalue weighted by Crippen LogP contribution is -2.16. The number of halogens is 1. The lowest BCUT2D eigenvalue weighted by atomic mass is 10.1. The van der Waals surface area contributed by atoms with Crippen LogP contribution in [0.3, 0.4) is 0 Å². The van der Waals surface area contributed by atoms with Crippen molar-refractivity contribution in [1.29, 1.82) is 0 Å². The van der Waals surface area contributed by atoms with E-state index >= 15 is 0 Å². The maximum atomic E-state index is 12.0. The molecule has 1 heterocycles. The monoisotopic (exact) mass is 326 g/mol. The van der Waals surface area contributed by atoms with E-state index in [9.17, 15) is 13.2 Å². The van der Waals surface area contributed by atoms with Gasteiger partial charge in [0.25, 0.3) is 0 Å². The number of hydrogen-bond acceptors (Lipinski definition) is 4. The van der Waals surface area contributed by atoms with E-state index in [4.69, 9.17) is 16.7 Å². The molecule has 0 amide bonds. The van der Waals surface area contributed by atoms with Crippen molar-refractivity contribution in [3.8, 4) is 0 Å². The Morgan fingerprint density at radius 1 is 1.29 bits per heavy atom. The number of aromatic carboxylic acids is 1. The number of carboxylic acid groups (broad SMARTS) is 1. The topological polar surface area (TPSA) is 96.4 Å². The van der Waals surface area contributed by atoms with Crippen LogP contribution in [-0.2, 0) is 15.8 Å². The molecule has 0 radical (unpaired) electrons. The average Bonchev–Trinajstić information content (AvgIpc) is 2.41. The highest BCUT2D eigenvalue weighted by Crippen LogP contribution is 2.14. The average molecular weight is 327 g/mol. The van der Waals surface area contributed by atoms with Crippen molar-refractivity contribution in [3.63, 3.8) is 0 Å². The van der Waals surface area contributed by atoms with Gasteiger partial charge in [-0.2, -0.15) is 0 Å². The fraction of sp³-hybridized carbons (Fsp3) is 0.0769.